The lowest BCUT2D eigenvalue weighted by molar-refractivity contribution is -0.113. The number of aryl methyl sites for hydroxylation is 1. The number of thioether (sulfide) groups is 1. The van der Waals surface area contributed by atoms with E-state index in [2.05, 4.69) is 20.5 Å². The Labute approximate surface area is 145 Å². The van der Waals surface area contributed by atoms with Crippen molar-refractivity contribution in [2.75, 3.05) is 11.1 Å². The Hall–Kier alpha value is -2.02. The quantitative estimate of drug-likeness (QED) is 0.528. The fourth-order valence-electron chi connectivity index (χ4n) is 2.97. The summed E-state index contributed by atoms with van der Waals surface area (Å²) in [6.45, 7) is 0. The van der Waals surface area contributed by atoms with E-state index in [1.807, 2.05) is 0 Å². The molecule has 0 atom stereocenters. The second-order valence-electron chi connectivity index (χ2n) is 6.14. The van der Waals surface area contributed by atoms with E-state index in [9.17, 15) is 9.90 Å². The summed E-state index contributed by atoms with van der Waals surface area (Å²) in [5, 5.41) is 19.7. The minimum absolute atomic E-state index is 0.122. The Kier molecular flexibility index (Phi) is 5.74. The first-order valence-electron chi connectivity index (χ1n) is 8.32. The van der Waals surface area contributed by atoms with Crippen LogP contribution in [0.5, 0.6) is 5.75 Å². The number of H-pyrrole nitrogens is 1. The number of phenols is 1. The number of nitrogens with zero attached hydrogens (tertiary/aromatic N) is 2. The van der Waals surface area contributed by atoms with Crippen molar-refractivity contribution in [3.8, 4) is 5.75 Å². The smallest absolute Gasteiger partial charge is 0.234 e. The first-order valence-corrected chi connectivity index (χ1v) is 9.30. The van der Waals surface area contributed by atoms with Crippen molar-refractivity contribution >= 4 is 23.4 Å². The van der Waals surface area contributed by atoms with Gasteiger partial charge in [-0.3, -0.25) is 9.89 Å². The summed E-state index contributed by atoms with van der Waals surface area (Å²) in [6, 6.07) is 6.39. The largest absolute Gasteiger partial charge is 0.508 e. The van der Waals surface area contributed by atoms with E-state index in [1.54, 1.807) is 12.1 Å². The Morgan fingerprint density at radius 3 is 2.79 bits per heavy atom. The number of hydrogen-bond donors (Lipinski definition) is 3. The van der Waals surface area contributed by atoms with E-state index in [4.69, 9.17) is 0 Å². The van der Waals surface area contributed by atoms with Gasteiger partial charge >= 0.3 is 0 Å². The van der Waals surface area contributed by atoms with Crippen LogP contribution in [0.2, 0.25) is 0 Å². The van der Waals surface area contributed by atoms with Crippen molar-refractivity contribution in [3.05, 3.63) is 30.1 Å². The van der Waals surface area contributed by atoms with E-state index < -0.39 is 0 Å². The number of aromatic amines is 1. The number of aromatic nitrogens is 3. The van der Waals surface area contributed by atoms with Gasteiger partial charge < -0.3 is 10.4 Å². The molecule has 1 amide bonds. The lowest BCUT2D eigenvalue weighted by Gasteiger charge is -2.05. The van der Waals surface area contributed by atoms with Crippen molar-refractivity contribution < 1.29 is 9.90 Å². The third-order valence-corrected chi connectivity index (χ3v) is 5.11. The van der Waals surface area contributed by atoms with Crippen molar-refractivity contribution in [1.82, 2.24) is 15.2 Å². The fraction of sp³-hybridized carbons (Fsp3) is 0.471. The zero-order valence-electron chi connectivity index (χ0n) is 13.5. The van der Waals surface area contributed by atoms with Gasteiger partial charge in [0.2, 0.25) is 11.1 Å². The van der Waals surface area contributed by atoms with Gasteiger partial charge in [0.05, 0.1) is 5.75 Å². The van der Waals surface area contributed by atoms with Gasteiger partial charge in [-0.15, -0.1) is 5.10 Å². The lowest BCUT2D eigenvalue weighted by atomic mass is 10.0. The summed E-state index contributed by atoms with van der Waals surface area (Å²) in [5.74, 6) is 2.04. The average Bonchev–Trinajstić information content (AvgIpc) is 3.25. The number of amides is 1. The summed E-state index contributed by atoms with van der Waals surface area (Å²) < 4.78 is 0. The molecule has 1 aliphatic carbocycles. The van der Waals surface area contributed by atoms with Crippen LogP contribution in [0.1, 0.15) is 37.9 Å². The predicted octanol–water partition coefficient (Wildman–Crippen LogP) is 3.36. The summed E-state index contributed by atoms with van der Waals surface area (Å²) >= 11 is 1.31. The van der Waals surface area contributed by atoms with Crippen molar-refractivity contribution in [3.63, 3.8) is 0 Å². The molecule has 0 unspecified atom stereocenters. The first kappa shape index (κ1) is 16.8. The monoisotopic (exact) mass is 346 g/mol. The number of aromatic hydroxyl groups is 1. The second kappa shape index (κ2) is 8.19. The highest BCUT2D eigenvalue weighted by Crippen LogP contribution is 2.28. The van der Waals surface area contributed by atoms with Gasteiger partial charge in [-0.1, -0.05) is 37.4 Å². The number of rotatable bonds is 7. The number of nitrogens with one attached hydrogen (secondary N) is 2. The van der Waals surface area contributed by atoms with Crippen LogP contribution in [-0.4, -0.2) is 31.9 Å². The highest BCUT2D eigenvalue weighted by molar-refractivity contribution is 7.99. The van der Waals surface area contributed by atoms with Crippen LogP contribution in [0.4, 0.5) is 5.69 Å². The summed E-state index contributed by atoms with van der Waals surface area (Å²) in [5.41, 5.74) is 0.658. The van der Waals surface area contributed by atoms with Crippen molar-refractivity contribution in [2.24, 2.45) is 5.92 Å². The van der Waals surface area contributed by atoms with Crippen LogP contribution in [0.3, 0.4) is 0 Å². The number of hydrogen-bond acceptors (Lipinski definition) is 5. The van der Waals surface area contributed by atoms with Gasteiger partial charge in [-0.25, -0.2) is 4.98 Å². The van der Waals surface area contributed by atoms with Crippen LogP contribution >= 0.6 is 11.8 Å². The lowest BCUT2D eigenvalue weighted by Crippen LogP contribution is -2.13. The number of phenolic OH excluding ortho intramolecular Hbond substituents is 1. The van der Waals surface area contributed by atoms with Gasteiger partial charge in [-0.2, -0.15) is 0 Å². The minimum atomic E-state index is -0.122. The maximum atomic E-state index is 11.9. The Morgan fingerprint density at radius 1 is 1.29 bits per heavy atom. The number of benzene rings is 1. The maximum Gasteiger partial charge on any atom is 0.234 e. The Balaban J connectivity index is 1.41. The molecule has 3 rings (SSSR count). The molecule has 7 heteroatoms. The minimum Gasteiger partial charge on any atom is -0.508 e. The van der Waals surface area contributed by atoms with Gasteiger partial charge in [0.1, 0.15) is 11.6 Å². The number of anilines is 1. The van der Waals surface area contributed by atoms with Crippen LogP contribution < -0.4 is 5.32 Å². The molecule has 0 saturated heterocycles. The highest BCUT2D eigenvalue weighted by Gasteiger charge is 2.16. The van der Waals surface area contributed by atoms with Crippen molar-refractivity contribution in [1.29, 1.82) is 0 Å². The van der Waals surface area contributed by atoms with Crippen LogP contribution in [-0.2, 0) is 11.2 Å². The zero-order valence-corrected chi connectivity index (χ0v) is 14.3. The van der Waals surface area contributed by atoms with E-state index >= 15 is 0 Å². The zero-order chi connectivity index (χ0) is 16.8. The number of carbonyl (C=O) groups is 1. The molecule has 128 valence electrons. The standard InChI is InChI=1S/C17H22N4O2S/c22-14-8-6-13(7-9-14)18-16(23)11-24-17-19-15(20-21-17)10-5-12-3-1-2-4-12/h6-9,12,22H,1-5,10-11H2,(H,18,23)(H,19,20,21). The Morgan fingerprint density at radius 2 is 2.04 bits per heavy atom. The molecule has 24 heavy (non-hydrogen) atoms. The molecule has 0 spiro atoms. The molecule has 0 radical (unpaired) electrons. The molecule has 1 aromatic heterocycles. The van der Waals surface area contributed by atoms with E-state index in [1.165, 1.54) is 56.0 Å². The van der Waals surface area contributed by atoms with Gasteiger partial charge in [0.25, 0.3) is 0 Å². The fourth-order valence-corrected chi connectivity index (χ4v) is 3.58. The number of carbonyl (C=O) groups excluding carboxylic acids is 1. The van der Waals surface area contributed by atoms with E-state index in [-0.39, 0.29) is 17.4 Å². The van der Waals surface area contributed by atoms with Gasteiger partial charge in [0.15, 0.2) is 0 Å². The molecular formula is C17H22N4O2S. The summed E-state index contributed by atoms with van der Waals surface area (Å²) in [7, 11) is 0. The predicted molar refractivity (Wildman–Crippen MR) is 94.1 cm³/mol. The van der Waals surface area contributed by atoms with Crippen molar-refractivity contribution in [2.45, 2.75) is 43.7 Å². The molecule has 1 fully saturated rings. The third kappa shape index (κ3) is 4.99. The molecule has 1 aliphatic rings. The Bertz CT molecular complexity index is 665. The molecular weight excluding hydrogens is 324 g/mol. The van der Waals surface area contributed by atoms with Crippen LogP contribution in [0, 0.1) is 5.92 Å². The average molecular weight is 346 g/mol. The molecule has 6 nitrogen and oxygen atoms in total. The maximum absolute atomic E-state index is 11.9. The summed E-state index contributed by atoms with van der Waals surface area (Å²) in [4.78, 5) is 16.4. The van der Waals surface area contributed by atoms with Gasteiger partial charge in [-0.05, 0) is 36.6 Å². The molecule has 1 aromatic carbocycles. The molecule has 0 aliphatic heterocycles. The highest BCUT2D eigenvalue weighted by atomic mass is 32.2. The molecule has 3 N–H and O–H groups in total. The van der Waals surface area contributed by atoms with E-state index in [0.29, 0.717) is 10.8 Å². The van der Waals surface area contributed by atoms with Crippen LogP contribution in [0.15, 0.2) is 29.4 Å². The molecule has 0 bridgehead atoms. The van der Waals surface area contributed by atoms with Crippen LogP contribution in [0.25, 0.3) is 0 Å². The SMILES string of the molecule is O=C(CSc1n[nH]c(CCC2CCCC2)n1)Nc1ccc(O)cc1. The molecule has 1 saturated carbocycles. The summed E-state index contributed by atoms with van der Waals surface area (Å²) in [6.07, 6.45) is 7.50. The topological polar surface area (TPSA) is 90.9 Å². The van der Waals surface area contributed by atoms with Gasteiger partial charge in [0, 0.05) is 12.1 Å². The molecule has 1 heterocycles. The normalized spacial score (nSPS) is 14.8. The molecule has 2 aromatic rings. The third-order valence-electron chi connectivity index (χ3n) is 4.26. The first-order chi connectivity index (χ1) is 11.7. The second-order valence-corrected chi connectivity index (χ2v) is 7.08. The van der Waals surface area contributed by atoms with E-state index in [0.717, 1.165) is 18.2 Å².